The summed E-state index contributed by atoms with van der Waals surface area (Å²) in [6, 6.07) is 12.8. The summed E-state index contributed by atoms with van der Waals surface area (Å²) in [6.07, 6.45) is 0. The van der Waals surface area contributed by atoms with Gasteiger partial charge in [0.2, 0.25) is 0 Å². The summed E-state index contributed by atoms with van der Waals surface area (Å²) in [5, 5.41) is 3.48. The number of rotatable bonds is 1. The molecule has 1 fully saturated rings. The Hall–Kier alpha value is -1.98. The van der Waals surface area contributed by atoms with Gasteiger partial charge in [-0.05, 0) is 51.1 Å². The van der Waals surface area contributed by atoms with Crippen LogP contribution in [0.25, 0.3) is 0 Å². The molecule has 0 saturated carbocycles. The lowest BCUT2D eigenvalue weighted by Crippen LogP contribution is -2.48. The van der Waals surface area contributed by atoms with Crippen molar-refractivity contribution in [3.05, 3.63) is 64.2 Å². The number of anilines is 1. The number of carbonyl (C=O) groups is 2. The molecule has 2 heterocycles. The number of carbonyl (C=O) groups excluding carboxylic acids is 2. The summed E-state index contributed by atoms with van der Waals surface area (Å²) in [4.78, 5) is 27.0. The van der Waals surface area contributed by atoms with Crippen LogP contribution in [0.5, 0.6) is 0 Å². The van der Waals surface area contributed by atoms with Crippen LogP contribution in [0.1, 0.15) is 35.3 Å². The van der Waals surface area contributed by atoms with Gasteiger partial charge in [0.25, 0.3) is 11.8 Å². The molecule has 2 aliphatic rings. The second kappa shape index (κ2) is 5.76. The molecule has 0 bridgehead atoms. The molecule has 1 spiro atoms. The minimum absolute atomic E-state index is 0.147. The summed E-state index contributed by atoms with van der Waals surface area (Å²) in [6.45, 7) is 6.56. The number of fused-ring (bicyclic) bond motifs is 2. The summed E-state index contributed by atoms with van der Waals surface area (Å²) in [7, 11) is 0. The fraction of sp³-hybridized carbons (Fsp3) is 0.300. The van der Waals surface area contributed by atoms with Gasteiger partial charge in [0.05, 0.1) is 0 Å². The van der Waals surface area contributed by atoms with Gasteiger partial charge in [-0.1, -0.05) is 29.3 Å². The third kappa shape index (κ3) is 2.53. The minimum atomic E-state index is -1.09. The monoisotopic (exact) mass is 386 g/mol. The van der Waals surface area contributed by atoms with Crippen molar-refractivity contribution < 1.29 is 9.59 Å². The Labute approximate surface area is 161 Å². The first-order valence-corrected chi connectivity index (χ1v) is 9.63. The molecule has 4 rings (SSSR count). The number of benzene rings is 2. The van der Waals surface area contributed by atoms with E-state index in [1.165, 1.54) is 11.8 Å². The molecule has 0 aromatic heterocycles. The third-order valence-electron chi connectivity index (χ3n) is 4.79. The van der Waals surface area contributed by atoms with Crippen molar-refractivity contribution >= 4 is 40.9 Å². The van der Waals surface area contributed by atoms with Crippen LogP contribution < -0.4 is 5.32 Å². The SMILES string of the molecule is Cc1ccc(C(=O)N2CC(C)(C)SC23C(=O)Nc2ccc(Cl)cc23)cc1. The molecule has 1 saturated heterocycles. The highest BCUT2D eigenvalue weighted by atomic mass is 35.5. The van der Waals surface area contributed by atoms with E-state index in [-0.39, 0.29) is 16.6 Å². The van der Waals surface area contributed by atoms with Gasteiger partial charge in [-0.3, -0.25) is 9.59 Å². The molecular formula is C20H19ClN2O2S. The van der Waals surface area contributed by atoms with Crippen LogP contribution >= 0.6 is 23.4 Å². The van der Waals surface area contributed by atoms with Crippen molar-refractivity contribution in [2.75, 3.05) is 11.9 Å². The second-order valence-corrected chi connectivity index (χ2v) is 9.74. The zero-order valence-electron chi connectivity index (χ0n) is 14.8. The van der Waals surface area contributed by atoms with Gasteiger partial charge in [0.1, 0.15) is 0 Å². The van der Waals surface area contributed by atoms with Crippen LogP contribution in [0.15, 0.2) is 42.5 Å². The average Bonchev–Trinajstić information content (AvgIpc) is 3.02. The van der Waals surface area contributed by atoms with E-state index < -0.39 is 4.87 Å². The molecule has 2 aromatic carbocycles. The molecule has 1 unspecified atom stereocenters. The maximum absolute atomic E-state index is 13.3. The van der Waals surface area contributed by atoms with Gasteiger partial charge >= 0.3 is 0 Å². The van der Waals surface area contributed by atoms with Crippen LogP contribution in [-0.2, 0) is 9.67 Å². The highest BCUT2D eigenvalue weighted by Crippen LogP contribution is 2.58. The number of hydrogen-bond donors (Lipinski definition) is 1. The molecule has 1 N–H and O–H groups in total. The van der Waals surface area contributed by atoms with Crippen LogP contribution in [-0.4, -0.2) is 28.0 Å². The van der Waals surface area contributed by atoms with Gasteiger partial charge in [0, 0.05) is 33.1 Å². The van der Waals surface area contributed by atoms with E-state index in [1.807, 2.05) is 31.2 Å². The van der Waals surface area contributed by atoms with Crippen LogP contribution in [0.4, 0.5) is 5.69 Å². The predicted octanol–water partition coefficient (Wildman–Crippen LogP) is 4.42. The van der Waals surface area contributed by atoms with E-state index in [4.69, 9.17) is 11.6 Å². The number of nitrogens with zero attached hydrogens (tertiary/aromatic N) is 1. The van der Waals surface area contributed by atoms with E-state index in [1.54, 1.807) is 23.1 Å². The molecule has 2 amide bonds. The lowest BCUT2D eigenvalue weighted by molar-refractivity contribution is -0.121. The number of halogens is 1. The normalized spacial score (nSPS) is 23.2. The summed E-state index contributed by atoms with van der Waals surface area (Å²) >= 11 is 7.72. The highest BCUT2D eigenvalue weighted by molar-refractivity contribution is 8.02. The number of amides is 2. The van der Waals surface area contributed by atoms with E-state index in [0.717, 1.165) is 11.1 Å². The van der Waals surface area contributed by atoms with E-state index in [2.05, 4.69) is 19.2 Å². The quantitative estimate of drug-likeness (QED) is 0.789. The Balaban J connectivity index is 1.86. The molecule has 134 valence electrons. The maximum Gasteiger partial charge on any atom is 0.265 e. The largest absolute Gasteiger partial charge is 0.323 e. The molecule has 0 aliphatic carbocycles. The molecule has 0 radical (unpaired) electrons. The lowest BCUT2D eigenvalue weighted by Gasteiger charge is -2.32. The van der Waals surface area contributed by atoms with E-state index in [0.29, 0.717) is 22.8 Å². The lowest BCUT2D eigenvalue weighted by atomic mass is 10.0. The molecule has 4 nitrogen and oxygen atoms in total. The summed E-state index contributed by atoms with van der Waals surface area (Å²) in [5.41, 5.74) is 3.14. The fourth-order valence-corrected chi connectivity index (χ4v) is 5.50. The zero-order chi connectivity index (χ0) is 18.7. The van der Waals surface area contributed by atoms with Gasteiger partial charge in [-0.25, -0.2) is 0 Å². The van der Waals surface area contributed by atoms with E-state index in [9.17, 15) is 9.59 Å². The number of nitrogens with one attached hydrogen (secondary N) is 1. The summed E-state index contributed by atoms with van der Waals surface area (Å²) in [5.74, 6) is -0.336. The van der Waals surface area contributed by atoms with Crippen LogP contribution in [0, 0.1) is 6.92 Å². The topological polar surface area (TPSA) is 49.4 Å². The third-order valence-corrected chi connectivity index (χ3v) is 6.63. The Morgan fingerprint density at radius 2 is 1.88 bits per heavy atom. The Morgan fingerprint density at radius 1 is 1.19 bits per heavy atom. The van der Waals surface area contributed by atoms with Gasteiger partial charge in [-0.15, -0.1) is 11.8 Å². The first-order valence-electron chi connectivity index (χ1n) is 8.43. The van der Waals surface area contributed by atoms with Crippen molar-refractivity contribution in [2.24, 2.45) is 0 Å². The van der Waals surface area contributed by atoms with Crippen molar-refractivity contribution in [2.45, 2.75) is 30.4 Å². The Bertz CT molecular complexity index is 926. The smallest absolute Gasteiger partial charge is 0.265 e. The minimum Gasteiger partial charge on any atom is -0.323 e. The number of aryl methyl sites for hydroxylation is 1. The van der Waals surface area contributed by atoms with Crippen molar-refractivity contribution in [3.63, 3.8) is 0 Å². The maximum atomic E-state index is 13.3. The molecule has 1 atom stereocenters. The first kappa shape index (κ1) is 17.4. The standard InChI is InChI=1S/C20H19ClN2O2S/c1-12-4-6-13(7-5-12)17(24)23-11-19(2,3)26-20(23)15-10-14(21)8-9-16(15)22-18(20)25/h4-10H,11H2,1-3H3,(H,22,25). The fourth-order valence-electron chi connectivity index (χ4n) is 3.65. The Morgan fingerprint density at radius 3 is 2.58 bits per heavy atom. The molecular weight excluding hydrogens is 368 g/mol. The predicted molar refractivity (Wildman–Crippen MR) is 106 cm³/mol. The molecule has 26 heavy (non-hydrogen) atoms. The highest BCUT2D eigenvalue weighted by Gasteiger charge is 2.61. The number of thioether (sulfide) groups is 1. The molecule has 2 aromatic rings. The van der Waals surface area contributed by atoms with E-state index >= 15 is 0 Å². The second-order valence-electron chi connectivity index (χ2n) is 7.41. The average molecular weight is 387 g/mol. The van der Waals surface area contributed by atoms with Crippen molar-refractivity contribution in [1.29, 1.82) is 0 Å². The van der Waals surface area contributed by atoms with Crippen LogP contribution in [0.3, 0.4) is 0 Å². The van der Waals surface area contributed by atoms with Crippen molar-refractivity contribution in [1.82, 2.24) is 4.90 Å². The van der Waals surface area contributed by atoms with Gasteiger partial charge in [0.15, 0.2) is 4.87 Å². The zero-order valence-corrected chi connectivity index (χ0v) is 16.4. The van der Waals surface area contributed by atoms with Crippen LogP contribution in [0.2, 0.25) is 5.02 Å². The Kier molecular flexibility index (Phi) is 3.86. The molecule has 2 aliphatic heterocycles. The van der Waals surface area contributed by atoms with Gasteiger partial charge < -0.3 is 10.2 Å². The molecule has 6 heteroatoms. The van der Waals surface area contributed by atoms with Crippen molar-refractivity contribution in [3.8, 4) is 0 Å². The summed E-state index contributed by atoms with van der Waals surface area (Å²) < 4.78 is -0.262. The number of hydrogen-bond acceptors (Lipinski definition) is 3. The van der Waals surface area contributed by atoms with Gasteiger partial charge in [-0.2, -0.15) is 0 Å². The first-order chi connectivity index (χ1) is 12.2.